The van der Waals surface area contributed by atoms with Crippen LogP contribution in [0.5, 0.6) is 0 Å². The van der Waals surface area contributed by atoms with Crippen molar-refractivity contribution in [2.45, 2.75) is 32.3 Å². The number of aliphatic hydroxyl groups excluding tert-OH is 1. The SMILES string of the molecule is C=C(C)C(=O)O.O=C1OCCCCC1O. The van der Waals surface area contributed by atoms with Gasteiger partial charge in [0.2, 0.25) is 0 Å². The van der Waals surface area contributed by atoms with Gasteiger partial charge in [0.15, 0.2) is 6.10 Å². The zero-order chi connectivity index (χ0) is 11.8. The van der Waals surface area contributed by atoms with E-state index in [-0.39, 0.29) is 5.57 Å². The highest BCUT2D eigenvalue weighted by Gasteiger charge is 2.18. The van der Waals surface area contributed by atoms with E-state index in [4.69, 9.17) is 10.2 Å². The minimum absolute atomic E-state index is 0.176. The van der Waals surface area contributed by atoms with Crippen LogP contribution in [0, 0.1) is 0 Å². The van der Waals surface area contributed by atoms with Crippen molar-refractivity contribution in [2.24, 2.45) is 0 Å². The molecule has 0 saturated carbocycles. The Kier molecular flexibility index (Phi) is 6.37. The lowest BCUT2D eigenvalue weighted by atomic mass is 10.2. The third-order valence-electron chi connectivity index (χ3n) is 1.75. The fraction of sp³-hybridized carbons (Fsp3) is 0.600. The molecule has 0 spiro atoms. The lowest BCUT2D eigenvalue weighted by Gasteiger charge is -2.01. The van der Waals surface area contributed by atoms with Crippen LogP contribution in [0.3, 0.4) is 0 Å². The second-order valence-electron chi connectivity index (χ2n) is 3.26. The van der Waals surface area contributed by atoms with Gasteiger partial charge in [0.05, 0.1) is 6.61 Å². The lowest BCUT2D eigenvalue weighted by molar-refractivity contribution is -0.152. The molecule has 0 aliphatic carbocycles. The molecule has 5 nitrogen and oxygen atoms in total. The minimum atomic E-state index is -0.935. The molecule has 1 aliphatic rings. The van der Waals surface area contributed by atoms with Crippen LogP contribution in [0.2, 0.25) is 0 Å². The standard InChI is InChI=1S/C6H10O3.C4H6O2/c7-5-3-1-2-4-9-6(5)8;1-3(2)4(5)6/h5,7H,1-4H2;1H2,2H3,(H,5,6). The first kappa shape index (κ1) is 13.6. The number of carbonyl (C=O) groups excluding carboxylic acids is 1. The number of aliphatic carboxylic acids is 1. The van der Waals surface area contributed by atoms with Crippen molar-refractivity contribution >= 4 is 11.9 Å². The van der Waals surface area contributed by atoms with E-state index in [1.54, 1.807) is 0 Å². The number of carboxylic acid groups (broad SMARTS) is 1. The van der Waals surface area contributed by atoms with Crippen molar-refractivity contribution in [3.8, 4) is 0 Å². The Morgan fingerprint density at radius 1 is 1.53 bits per heavy atom. The quantitative estimate of drug-likeness (QED) is 0.498. The molecule has 1 atom stereocenters. The highest BCUT2D eigenvalue weighted by atomic mass is 16.5. The Balaban J connectivity index is 0.000000288. The number of rotatable bonds is 1. The summed E-state index contributed by atoms with van der Waals surface area (Å²) < 4.78 is 4.63. The summed E-state index contributed by atoms with van der Waals surface area (Å²) in [5.74, 6) is -1.40. The van der Waals surface area contributed by atoms with Gasteiger partial charge in [0.25, 0.3) is 0 Å². The number of hydrogen-bond donors (Lipinski definition) is 2. The first-order valence-electron chi connectivity index (χ1n) is 4.68. The smallest absolute Gasteiger partial charge is 0.334 e. The summed E-state index contributed by atoms with van der Waals surface area (Å²) in [4.78, 5) is 20.1. The molecule has 0 amide bonds. The first-order valence-corrected chi connectivity index (χ1v) is 4.68. The summed E-state index contributed by atoms with van der Waals surface area (Å²) in [5, 5.41) is 16.8. The monoisotopic (exact) mass is 216 g/mol. The average molecular weight is 216 g/mol. The molecule has 0 aromatic heterocycles. The molecule has 0 aromatic carbocycles. The number of hydrogen-bond acceptors (Lipinski definition) is 4. The molecule has 1 rings (SSSR count). The molecule has 1 heterocycles. The number of cyclic esters (lactones) is 1. The van der Waals surface area contributed by atoms with Crippen molar-refractivity contribution in [3.05, 3.63) is 12.2 Å². The third-order valence-corrected chi connectivity index (χ3v) is 1.75. The van der Waals surface area contributed by atoms with Crippen LogP contribution in [-0.2, 0) is 14.3 Å². The minimum Gasteiger partial charge on any atom is -0.478 e. The van der Waals surface area contributed by atoms with Crippen molar-refractivity contribution in [1.29, 1.82) is 0 Å². The van der Waals surface area contributed by atoms with E-state index in [9.17, 15) is 9.59 Å². The van der Waals surface area contributed by atoms with Gasteiger partial charge in [0, 0.05) is 5.57 Å². The second-order valence-corrected chi connectivity index (χ2v) is 3.26. The zero-order valence-corrected chi connectivity index (χ0v) is 8.73. The number of aliphatic hydroxyl groups is 1. The fourth-order valence-corrected chi connectivity index (χ4v) is 0.827. The average Bonchev–Trinajstić information content (AvgIpc) is 2.33. The van der Waals surface area contributed by atoms with Crippen LogP contribution in [0.15, 0.2) is 12.2 Å². The van der Waals surface area contributed by atoms with Crippen molar-refractivity contribution in [3.63, 3.8) is 0 Å². The Hall–Kier alpha value is -1.36. The largest absolute Gasteiger partial charge is 0.478 e. The van der Waals surface area contributed by atoms with Gasteiger partial charge in [-0.1, -0.05) is 6.58 Å². The first-order chi connectivity index (χ1) is 6.95. The van der Waals surface area contributed by atoms with Crippen LogP contribution in [0.25, 0.3) is 0 Å². The van der Waals surface area contributed by atoms with Gasteiger partial charge >= 0.3 is 11.9 Å². The van der Waals surface area contributed by atoms with Crippen LogP contribution >= 0.6 is 0 Å². The number of carboxylic acids is 1. The van der Waals surface area contributed by atoms with E-state index in [0.717, 1.165) is 12.8 Å². The summed E-state index contributed by atoms with van der Waals surface area (Å²) in [5.41, 5.74) is 0.176. The van der Waals surface area contributed by atoms with E-state index in [1.807, 2.05) is 0 Å². The lowest BCUT2D eigenvalue weighted by Crippen LogP contribution is -2.20. The third kappa shape index (κ3) is 6.68. The van der Waals surface area contributed by atoms with Crippen molar-refractivity contribution < 1.29 is 24.5 Å². The van der Waals surface area contributed by atoms with Gasteiger partial charge in [-0.25, -0.2) is 9.59 Å². The van der Waals surface area contributed by atoms with Gasteiger partial charge in [-0.05, 0) is 26.2 Å². The molecular formula is C10H16O5. The second kappa shape index (κ2) is 7.00. The number of ether oxygens (including phenoxy) is 1. The number of carbonyl (C=O) groups is 2. The van der Waals surface area contributed by atoms with E-state index < -0.39 is 18.0 Å². The Bertz CT molecular complexity index is 234. The maximum atomic E-state index is 10.5. The van der Waals surface area contributed by atoms with E-state index >= 15 is 0 Å². The molecule has 0 bridgehead atoms. The summed E-state index contributed by atoms with van der Waals surface area (Å²) >= 11 is 0. The Morgan fingerprint density at radius 3 is 2.53 bits per heavy atom. The summed E-state index contributed by atoms with van der Waals surface area (Å²) in [7, 11) is 0. The van der Waals surface area contributed by atoms with E-state index in [1.165, 1.54) is 6.92 Å². The molecule has 1 unspecified atom stereocenters. The molecular weight excluding hydrogens is 200 g/mol. The maximum Gasteiger partial charge on any atom is 0.334 e. The van der Waals surface area contributed by atoms with Crippen molar-refractivity contribution in [1.82, 2.24) is 0 Å². The summed E-state index contributed by atoms with van der Waals surface area (Å²) in [6, 6.07) is 0. The summed E-state index contributed by atoms with van der Waals surface area (Å²) in [6.45, 7) is 5.07. The molecule has 86 valence electrons. The van der Waals surface area contributed by atoms with Gasteiger partial charge < -0.3 is 14.9 Å². The molecule has 15 heavy (non-hydrogen) atoms. The fourth-order valence-electron chi connectivity index (χ4n) is 0.827. The molecule has 5 heteroatoms. The predicted molar refractivity (Wildman–Crippen MR) is 53.3 cm³/mol. The van der Waals surface area contributed by atoms with Gasteiger partial charge in [-0.2, -0.15) is 0 Å². The molecule has 0 radical (unpaired) electrons. The molecule has 1 aliphatic heterocycles. The molecule has 1 saturated heterocycles. The molecule has 1 fully saturated rings. The van der Waals surface area contributed by atoms with Crippen LogP contribution in [0.1, 0.15) is 26.2 Å². The normalized spacial score (nSPS) is 20.4. The summed E-state index contributed by atoms with van der Waals surface area (Å²) in [6.07, 6.45) is 1.45. The zero-order valence-electron chi connectivity index (χ0n) is 8.73. The van der Waals surface area contributed by atoms with E-state index in [0.29, 0.717) is 13.0 Å². The predicted octanol–water partition coefficient (Wildman–Crippen LogP) is 0.721. The van der Waals surface area contributed by atoms with E-state index in [2.05, 4.69) is 11.3 Å². The van der Waals surface area contributed by atoms with Gasteiger partial charge in [0.1, 0.15) is 0 Å². The van der Waals surface area contributed by atoms with Gasteiger partial charge in [-0.15, -0.1) is 0 Å². The number of esters is 1. The topological polar surface area (TPSA) is 83.8 Å². The Labute approximate surface area is 88.4 Å². The molecule has 2 N–H and O–H groups in total. The van der Waals surface area contributed by atoms with Crippen molar-refractivity contribution in [2.75, 3.05) is 6.61 Å². The Morgan fingerprint density at radius 2 is 2.07 bits per heavy atom. The van der Waals surface area contributed by atoms with Gasteiger partial charge in [-0.3, -0.25) is 0 Å². The van der Waals surface area contributed by atoms with Crippen LogP contribution < -0.4 is 0 Å². The van der Waals surface area contributed by atoms with Crippen LogP contribution in [-0.4, -0.2) is 34.9 Å². The van der Waals surface area contributed by atoms with Crippen LogP contribution in [0.4, 0.5) is 0 Å². The molecule has 0 aromatic rings. The highest BCUT2D eigenvalue weighted by molar-refractivity contribution is 5.84. The highest BCUT2D eigenvalue weighted by Crippen LogP contribution is 2.07. The maximum absolute atomic E-state index is 10.5.